The van der Waals surface area contributed by atoms with Gasteiger partial charge in [0.15, 0.2) is 6.04 Å². The van der Waals surface area contributed by atoms with Gasteiger partial charge in [-0.05, 0) is 28.3 Å². The first-order chi connectivity index (χ1) is 13.6. The smallest absolute Gasteiger partial charge is 0.411 e. The van der Waals surface area contributed by atoms with E-state index in [-0.39, 0.29) is 19.1 Å². The summed E-state index contributed by atoms with van der Waals surface area (Å²) in [6.45, 7) is 0.375. The van der Waals surface area contributed by atoms with E-state index >= 15 is 0 Å². The lowest BCUT2D eigenvalue weighted by Crippen LogP contribution is -2.35. The summed E-state index contributed by atoms with van der Waals surface area (Å²) in [5.41, 5.74) is 5.90. The molecule has 1 aliphatic carbocycles. The number of H-pyrrole nitrogens is 1. The summed E-state index contributed by atoms with van der Waals surface area (Å²) in [5, 5.41) is 9.57. The normalized spacial score (nSPS) is 17.1. The number of nitrogens with one attached hydrogen (secondary N) is 1. The van der Waals surface area contributed by atoms with Gasteiger partial charge in [-0.3, -0.25) is 4.90 Å². The van der Waals surface area contributed by atoms with Crippen LogP contribution in [0.4, 0.5) is 4.79 Å². The Kier molecular flexibility index (Phi) is 3.72. The van der Waals surface area contributed by atoms with Gasteiger partial charge in [0.1, 0.15) is 6.61 Å². The van der Waals surface area contributed by atoms with Crippen molar-refractivity contribution >= 4 is 12.1 Å². The van der Waals surface area contributed by atoms with Gasteiger partial charge in [0.05, 0.1) is 6.54 Å². The largest absolute Gasteiger partial charge is 0.479 e. The summed E-state index contributed by atoms with van der Waals surface area (Å²) in [5.74, 6) is -1.12. The minimum Gasteiger partial charge on any atom is -0.479 e. The Labute approximate surface area is 161 Å². The highest BCUT2D eigenvalue weighted by atomic mass is 16.6. The minimum atomic E-state index is -1.06. The third-order valence-electron chi connectivity index (χ3n) is 5.61. The Hall–Kier alpha value is -3.54. The first-order valence-corrected chi connectivity index (χ1v) is 9.15. The van der Waals surface area contributed by atoms with Crippen molar-refractivity contribution in [2.24, 2.45) is 0 Å². The van der Waals surface area contributed by atoms with Gasteiger partial charge in [-0.2, -0.15) is 0 Å². The Balaban J connectivity index is 1.38. The van der Waals surface area contributed by atoms with Gasteiger partial charge in [-0.25, -0.2) is 9.59 Å². The zero-order valence-electron chi connectivity index (χ0n) is 15.0. The number of carboxylic acids is 1. The molecule has 2 heterocycles. The lowest BCUT2D eigenvalue weighted by Gasteiger charge is -2.23. The molecule has 0 saturated heterocycles. The Morgan fingerprint density at radius 1 is 1.00 bits per heavy atom. The molecule has 28 heavy (non-hydrogen) atoms. The number of fused-ring (bicyclic) bond motifs is 4. The Bertz CT molecular complexity index is 1040. The highest BCUT2D eigenvalue weighted by Gasteiger charge is 2.40. The molecule has 0 saturated carbocycles. The van der Waals surface area contributed by atoms with Gasteiger partial charge in [-0.1, -0.05) is 48.5 Å². The molecular weight excluding hydrogens is 356 g/mol. The summed E-state index contributed by atoms with van der Waals surface area (Å²) >= 11 is 0. The highest BCUT2D eigenvalue weighted by Crippen LogP contribution is 2.44. The lowest BCUT2D eigenvalue weighted by molar-refractivity contribution is -0.142. The van der Waals surface area contributed by atoms with E-state index in [2.05, 4.69) is 29.2 Å². The van der Waals surface area contributed by atoms with Crippen LogP contribution in [0.25, 0.3) is 11.1 Å². The zero-order valence-corrected chi connectivity index (χ0v) is 15.0. The molecule has 1 amide bonds. The first kappa shape index (κ1) is 16.6. The fourth-order valence-electron chi connectivity index (χ4n) is 4.35. The molecule has 0 unspecified atom stereocenters. The number of hydrogen-bond acceptors (Lipinski definition) is 3. The van der Waals surface area contributed by atoms with E-state index in [9.17, 15) is 14.7 Å². The minimum absolute atomic E-state index is 0.0555. The second-order valence-electron chi connectivity index (χ2n) is 7.08. The van der Waals surface area contributed by atoms with E-state index < -0.39 is 18.1 Å². The average molecular weight is 374 g/mol. The van der Waals surface area contributed by atoms with E-state index in [0.717, 1.165) is 27.9 Å². The fraction of sp³-hybridized carbons (Fsp3) is 0.182. The van der Waals surface area contributed by atoms with Crippen LogP contribution in [0.1, 0.15) is 34.3 Å². The second kappa shape index (κ2) is 6.27. The number of ether oxygens (including phenoxy) is 1. The van der Waals surface area contributed by atoms with Gasteiger partial charge >= 0.3 is 12.1 Å². The molecule has 2 N–H and O–H groups in total. The highest BCUT2D eigenvalue weighted by molar-refractivity contribution is 5.83. The molecule has 6 heteroatoms. The van der Waals surface area contributed by atoms with Crippen LogP contribution in [-0.4, -0.2) is 33.7 Å². The maximum Gasteiger partial charge on any atom is 0.411 e. The van der Waals surface area contributed by atoms with Crippen LogP contribution in [0, 0.1) is 0 Å². The Morgan fingerprint density at radius 3 is 2.29 bits per heavy atom. The zero-order chi connectivity index (χ0) is 19.3. The number of rotatable bonds is 3. The van der Waals surface area contributed by atoms with Gasteiger partial charge in [0.2, 0.25) is 0 Å². The van der Waals surface area contributed by atoms with E-state index in [1.807, 2.05) is 24.3 Å². The van der Waals surface area contributed by atoms with Crippen molar-refractivity contribution in [3.8, 4) is 11.1 Å². The maximum atomic E-state index is 12.7. The molecular formula is C22H18N2O4. The summed E-state index contributed by atoms with van der Waals surface area (Å²) in [6, 6.07) is 16.9. The standard InChI is InChI=1S/C22H18N2O4/c25-21(26)20-17-9-10-23-19(17)11-24(20)22(27)28-12-18-15-7-3-1-5-13(15)14-6-2-4-8-16(14)18/h1-10,18,20,23H,11-12H2,(H,25,26)/t20-/m0/s1. The first-order valence-electron chi connectivity index (χ1n) is 9.15. The average Bonchev–Trinajstić information content (AvgIpc) is 3.37. The van der Waals surface area contributed by atoms with Gasteiger partial charge < -0.3 is 14.8 Å². The van der Waals surface area contributed by atoms with Crippen molar-refractivity contribution in [1.82, 2.24) is 9.88 Å². The number of aromatic amines is 1. The van der Waals surface area contributed by atoms with Crippen molar-refractivity contribution in [2.75, 3.05) is 6.61 Å². The maximum absolute atomic E-state index is 12.7. The van der Waals surface area contributed by atoms with Gasteiger partial charge in [0.25, 0.3) is 0 Å². The number of carboxylic acid groups (broad SMARTS) is 1. The Morgan fingerprint density at radius 2 is 1.64 bits per heavy atom. The monoisotopic (exact) mass is 374 g/mol. The molecule has 3 aromatic rings. The SMILES string of the molecule is O=C(O)[C@@H]1c2cc[nH]c2CN1C(=O)OCC1c2ccccc2-c2ccccc21. The molecule has 1 aliphatic heterocycles. The third-order valence-corrected chi connectivity index (χ3v) is 5.61. The molecule has 2 aromatic carbocycles. The molecule has 6 nitrogen and oxygen atoms in total. The summed E-state index contributed by atoms with van der Waals surface area (Å²) < 4.78 is 5.61. The number of carbonyl (C=O) groups excluding carboxylic acids is 1. The third kappa shape index (κ3) is 2.41. The number of amides is 1. The number of aromatic nitrogens is 1. The fourth-order valence-corrected chi connectivity index (χ4v) is 4.35. The van der Waals surface area contributed by atoms with E-state index in [1.54, 1.807) is 12.3 Å². The van der Waals surface area contributed by atoms with Crippen molar-refractivity contribution in [1.29, 1.82) is 0 Å². The predicted octanol–water partition coefficient (Wildman–Crippen LogP) is 3.91. The van der Waals surface area contributed by atoms with E-state index in [0.29, 0.717) is 5.56 Å². The van der Waals surface area contributed by atoms with Crippen molar-refractivity contribution in [3.05, 3.63) is 83.2 Å². The summed E-state index contributed by atoms with van der Waals surface area (Å²) in [6.07, 6.45) is 1.08. The molecule has 2 aliphatic rings. The van der Waals surface area contributed by atoms with Crippen LogP contribution in [-0.2, 0) is 16.1 Å². The topological polar surface area (TPSA) is 82.6 Å². The van der Waals surface area contributed by atoms with E-state index in [1.165, 1.54) is 4.90 Å². The van der Waals surface area contributed by atoms with Gasteiger partial charge in [0, 0.05) is 23.4 Å². The molecule has 1 aromatic heterocycles. The second-order valence-corrected chi connectivity index (χ2v) is 7.08. The van der Waals surface area contributed by atoms with Crippen LogP contribution >= 0.6 is 0 Å². The lowest BCUT2D eigenvalue weighted by atomic mass is 9.98. The van der Waals surface area contributed by atoms with Crippen molar-refractivity contribution in [3.63, 3.8) is 0 Å². The van der Waals surface area contributed by atoms with Crippen molar-refractivity contribution in [2.45, 2.75) is 18.5 Å². The number of nitrogens with zero attached hydrogens (tertiary/aromatic N) is 1. The van der Waals surface area contributed by atoms with Crippen LogP contribution in [0.5, 0.6) is 0 Å². The molecule has 5 rings (SSSR count). The van der Waals surface area contributed by atoms with Crippen LogP contribution in [0.2, 0.25) is 0 Å². The summed E-state index contributed by atoms with van der Waals surface area (Å²) in [4.78, 5) is 28.7. The molecule has 140 valence electrons. The van der Waals surface area contributed by atoms with Crippen LogP contribution < -0.4 is 0 Å². The van der Waals surface area contributed by atoms with Crippen LogP contribution in [0.3, 0.4) is 0 Å². The molecule has 0 spiro atoms. The molecule has 0 bridgehead atoms. The van der Waals surface area contributed by atoms with Gasteiger partial charge in [-0.15, -0.1) is 0 Å². The number of carbonyl (C=O) groups is 2. The van der Waals surface area contributed by atoms with Crippen molar-refractivity contribution < 1.29 is 19.4 Å². The molecule has 0 radical (unpaired) electrons. The summed E-state index contributed by atoms with van der Waals surface area (Å²) in [7, 11) is 0. The number of aliphatic carboxylic acids is 1. The van der Waals surface area contributed by atoms with Crippen LogP contribution in [0.15, 0.2) is 60.8 Å². The molecule has 0 fully saturated rings. The quantitative estimate of drug-likeness (QED) is 0.728. The molecule has 1 atom stereocenters. The van der Waals surface area contributed by atoms with E-state index in [4.69, 9.17) is 4.74 Å². The predicted molar refractivity (Wildman–Crippen MR) is 102 cm³/mol. The number of benzene rings is 2. The number of hydrogen-bond donors (Lipinski definition) is 2.